The molecular weight excluding hydrogens is 106 g/mol. The van der Waals surface area contributed by atoms with Crippen LogP contribution in [0.2, 0.25) is 0 Å². The number of amides is 1. The van der Waals surface area contributed by atoms with Gasteiger partial charge in [0.05, 0.1) is 6.04 Å². The van der Waals surface area contributed by atoms with E-state index >= 15 is 0 Å². The third-order valence-electron chi connectivity index (χ3n) is 1.23. The zero-order valence-corrected chi connectivity index (χ0v) is 4.81. The molecule has 1 aliphatic heterocycles. The van der Waals surface area contributed by atoms with Gasteiger partial charge in [-0.15, -0.1) is 0 Å². The van der Waals surface area contributed by atoms with Crippen LogP contribution in [0.4, 0.5) is 4.79 Å². The van der Waals surface area contributed by atoms with Crippen molar-refractivity contribution in [1.82, 2.24) is 5.32 Å². The van der Waals surface area contributed by atoms with Gasteiger partial charge in [-0.1, -0.05) is 6.92 Å². The summed E-state index contributed by atoms with van der Waals surface area (Å²) in [5.74, 6) is 0. The summed E-state index contributed by atoms with van der Waals surface area (Å²) in [5, 5.41) is 2.64. The molecule has 1 unspecified atom stereocenters. The molecule has 0 saturated carbocycles. The van der Waals surface area contributed by atoms with E-state index in [-0.39, 0.29) is 12.1 Å². The first-order chi connectivity index (χ1) is 3.83. The van der Waals surface area contributed by atoms with Crippen LogP contribution in [0.1, 0.15) is 13.3 Å². The van der Waals surface area contributed by atoms with Gasteiger partial charge in [-0.2, -0.15) is 0 Å². The normalized spacial score (nSPS) is 27.1. The SMILES string of the molecule is CCC1COC(=O)N1. The van der Waals surface area contributed by atoms with E-state index in [9.17, 15) is 4.79 Å². The van der Waals surface area contributed by atoms with Crippen LogP contribution in [0.5, 0.6) is 0 Å². The smallest absolute Gasteiger partial charge is 0.407 e. The second-order valence-electron chi connectivity index (χ2n) is 1.85. The lowest BCUT2D eigenvalue weighted by Gasteiger charge is -1.97. The number of carbonyl (C=O) groups is 1. The predicted octanol–water partition coefficient (Wildman–Crippen LogP) is 0.505. The summed E-state index contributed by atoms with van der Waals surface area (Å²) in [6.45, 7) is 2.55. The molecule has 1 heterocycles. The Hall–Kier alpha value is -0.730. The van der Waals surface area contributed by atoms with Crippen LogP contribution in [-0.4, -0.2) is 18.7 Å². The van der Waals surface area contributed by atoms with Crippen LogP contribution >= 0.6 is 0 Å². The third-order valence-corrected chi connectivity index (χ3v) is 1.23. The Kier molecular flexibility index (Phi) is 1.37. The molecule has 1 aliphatic rings. The number of cyclic esters (lactones) is 1. The molecule has 1 saturated heterocycles. The van der Waals surface area contributed by atoms with E-state index < -0.39 is 0 Å². The second kappa shape index (κ2) is 2.03. The number of nitrogens with one attached hydrogen (secondary N) is 1. The average molecular weight is 115 g/mol. The highest BCUT2D eigenvalue weighted by Gasteiger charge is 2.19. The molecule has 0 aromatic heterocycles. The van der Waals surface area contributed by atoms with Gasteiger partial charge < -0.3 is 10.1 Å². The van der Waals surface area contributed by atoms with Crippen LogP contribution in [0.25, 0.3) is 0 Å². The van der Waals surface area contributed by atoms with Crippen LogP contribution in [0, 0.1) is 0 Å². The van der Waals surface area contributed by atoms with Gasteiger partial charge in [-0.25, -0.2) is 4.79 Å². The van der Waals surface area contributed by atoms with Gasteiger partial charge in [0.15, 0.2) is 0 Å². The van der Waals surface area contributed by atoms with Crippen molar-refractivity contribution in [2.24, 2.45) is 0 Å². The quantitative estimate of drug-likeness (QED) is 0.540. The summed E-state index contributed by atoms with van der Waals surface area (Å²) in [6.07, 6.45) is 0.669. The highest BCUT2D eigenvalue weighted by atomic mass is 16.6. The molecule has 0 bridgehead atoms. The number of carbonyl (C=O) groups excluding carboxylic acids is 1. The maximum Gasteiger partial charge on any atom is 0.407 e. The Morgan fingerprint density at radius 3 is 3.00 bits per heavy atom. The molecule has 0 spiro atoms. The lowest BCUT2D eigenvalue weighted by Crippen LogP contribution is -2.24. The number of ether oxygens (including phenoxy) is 1. The zero-order chi connectivity index (χ0) is 5.98. The molecule has 1 rings (SSSR count). The highest BCUT2D eigenvalue weighted by molar-refractivity contribution is 5.69. The third kappa shape index (κ3) is 0.911. The Morgan fingerprint density at radius 2 is 2.75 bits per heavy atom. The van der Waals surface area contributed by atoms with Gasteiger partial charge in [0.25, 0.3) is 0 Å². The first-order valence-corrected chi connectivity index (χ1v) is 2.76. The second-order valence-corrected chi connectivity index (χ2v) is 1.85. The summed E-state index contributed by atoms with van der Waals surface area (Å²) >= 11 is 0. The fourth-order valence-corrected chi connectivity index (χ4v) is 0.646. The van der Waals surface area contributed by atoms with E-state index in [2.05, 4.69) is 10.1 Å². The molecule has 0 aromatic carbocycles. The summed E-state index contributed by atoms with van der Waals surface area (Å²) in [7, 11) is 0. The largest absolute Gasteiger partial charge is 0.447 e. The van der Waals surface area contributed by atoms with Crippen molar-refractivity contribution < 1.29 is 9.53 Å². The Labute approximate surface area is 48.0 Å². The van der Waals surface area contributed by atoms with Gasteiger partial charge in [0.1, 0.15) is 6.61 Å². The van der Waals surface area contributed by atoms with Crippen molar-refractivity contribution in [2.45, 2.75) is 19.4 Å². The van der Waals surface area contributed by atoms with Crippen molar-refractivity contribution >= 4 is 6.09 Å². The van der Waals surface area contributed by atoms with Gasteiger partial charge >= 0.3 is 6.09 Å². The topological polar surface area (TPSA) is 38.3 Å². The standard InChI is InChI=1S/C5H9NO2/c1-2-4-3-8-5(7)6-4/h4H,2-3H2,1H3,(H,6,7). The summed E-state index contributed by atoms with van der Waals surface area (Å²) in [6, 6.07) is 0.252. The van der Waals surface area contributed by atoms with Crippen molar-refractivity contribution in [3.63, 3.8) is 0 Å². The zero-order valence-electron chi connectivity index (χ0n) is 4.81. The maximum absolute atomic E-state index is 10.3. The lowest BCUT2D eigenvalue weighted by molar-refractivity contribution is 0.176. The molecule has 3 heteroatoms. The van der Waals surface area contributed by atoms with Crippen LogP contribution in [-0.2, 0) is 4.74 Å². The van der Waals surface area contributed by atoms with E-state index in [1.54, 1.807) is 0 Å². The van der Waals surface area contributed by atoms with E-state index in [4.69, 9.17) is 0 Å². The molecule has 1 amide bonds. The molecule has 3 nitrogen and oxygen atoms in total. The molecule has 46 valence electrons. The van der Waals surface area contributed by atoms with Crippen LogP contribution < -0.4 is 5.32 Å². The van der Waals surface area contributed by atoms with E-state index in [1.807, 2.05) is 6.92 Å². The van der Waals surface area contributed by atoms with Crippen LogP contribution in [0.3, 0.4) is 0 Å². The first kappa shape index (κ1) is 5.41. The number of hydrogen-bond donors (Lipinski definition) is 1. The summed E-state index contributed by atoms with van der Waals surface area (Å²) < 4.78 is 4.61. The van der Waals surface area contributed by atoms with Gasteiger partial charge in [-0.3, -0.25) is 0 Å². The minimum atomic E-state index is -0.281. The Balaban J connectivity index is 2.32. The predicted molar refractivity (Wildman–Crippen MR) is 28.6 cm³/mol. The van der Waals surface area contributed by atoms with Gasteiger partial charge in [-0.05, 0) is 6.42 Å². The van der Waals surface area contributed by atoms with Crippen molar-refractivity contribution in [3.8, 4) is 0 Å². The fraction of sp³-hybridized carbons (Fsp3) is 0.800. The Bertz CT molecular complexity index is 103. The Morgan fingerprint density at radius 1 is 2.00 bits per heavy atom. The first-order valence-electron chi connectivity index (χ1n) is 2.76. The minimum absolute atomic E-state index is 0.252. The van der Waals surface area contributed by atoms with Crippen molar-refractivity contribution in [3.05, 3.63) is 0 Å². The van der Waals surface area contributed by atoms with Crippen molar-refractivity contribution in [1.29, 1.82) is 0 Å². The molecule has 8 heavy (non-hydrogen) atoms. The average Bonchev–Trinajstić information content (AvgIpc) is 2.14. The number of hydrogen-bond acceptors (Lipinski definition) is 2. The molecule has 1 N–H and O–H groups in total. The molecule has 1 atom stereocenters. The molecule has 0 aromatic rings. The van der Waals surface area contributed by atoms with Crippen LogP contribution in [0.15, 0.2) is 0 Å². The van der Waals surface area contributed by atoms with E-state index in [0.717, 1.165) is 6.42 Å². The van der Waals surface area contributed by atoms with E-state index in [1.165, 1.54) is 0 Å². The molecule has 0 aliphatic carbocycles. The maximum atomic E-state index is 10.3. The molecular formula is C5H9NO2. The lowest BCUT2D eigenvalue weighted by atomic mass is 10.3. The highest BCUT2D eigenvalue weighted by Crippen LogP contribution is 1.99. The molecule has 0 radical (unpaired) electrons. The minimum Gasteiger partial charge on any atom is -0.447 e. The van der Waals surface area contributed by atoms with Gasteiger partial charge in [0.2, 0.25) is 0 Å². The monoisotopic (exact) mass is 115 g/mol. The fourth-order valence-electron chi connectivity index (χ4n) is 0.646. The van der Waals surface area contributed by atoms with E-state index in [0.29, 0.717) is 6.61 Å². The number of alkyl carbamates (subject to hydrolysis) is 1. The van der Waals surface area contributed by atoms with Crippen molar-refractivity contribution in [2.75, 3.05) is 6.61 Å². The van der Waals surface area contributed by atoms with Gasteiger partial charge in [0, 0.05) is 0 Å². The molecule has 1 fully saturated rings. The summed E-state index contributed by atoms with van der Waals surface area (Å²) in [5.41, 5.74) is 0. The summed E-state index contributed by atoms with van der Waals surface area (Å²) in [4.78, 5) is 10.3. The number of rotatable bonds is 1.